The Hall–Kier alpha value is -1.79. The van der Waals surface area contributed by atoms with Gasteiger partial charge in [0.15, 0.2) is 0 Å². The minimum Gasteiger partial charge on any atom is -0.512 e. The first kappa shape index (κ1) is 14.3. The predicted octanol–water partition coefficient (Wildman–Crippen LogP) is 3.28. The molecule has 1 rings (SSSR count). The van der Waals surface area contributed by atoms with E-state index in [1.807, 2.05) is 0 Å². The maximum atomic E-state index is 11.0. The predicted molar refractivity (Wildman–Crippen MR) is 66.0 cm³/mol. The van der Waals surface area contributed by atoms with Crippen LogP contribution in [0.5, 0.6) is 0 Å². The molecule has 0 bridgehead atoms. The van der Waals surface area contributed by atoms with Gasteiger partial charge in [-0.05, 0) is 13.0 Å². The Balaban J connectivity index is 3.67. The number of aliphatic hydroxyl groups is 1. The Kier molecular flexibility index (Phi) is 4.15. The van der Waals surface area contributed by atoms with E-state index in [2.05, 4.69) is 0 Å². The van der Waals surface area contributed by atoms with E-state index in [-0.39, 0.29) is 15.6 Å². The van der Waals surface area contributed by atoms with Crippen LogP contribution in [0.15, 0.2) is 17.9 Å². The Bertz CT molecular complexity index is 564. The van der Waals surface area contributed by atoms with E-state index >= 15 is 0 Å². The van der Waals surface area contributed by atoms with Crippen LogP contribution in [0.3, 0.4) is 0 Å². The van der Waals surface area contributed by atoms with Gasteiger partial charge in [-0.2, -0.15) is 0 Å². The maximum Gasteiger partial charge on any atom is 0.339 e. The van der Waals surface area contributed by atoms with Crippen molar-refractivity contribution in [1.29, 1.82) is 0 Å². The average Bonchev–Trinajstić information content (AvgIpc) is 2.21. The van der Waals surface area contributed by atoms with Gasteiger partial charge in [-0.3, -0.25) is 10.1 Å². The van der Waals surface area contributed by atoms with Gasteiger partial charge in [0.1, 0.15) is 11.3 Å². The highest BCUT2D eigenvalue weighted by Gasteiger charge is 2.25. The molecule has 1 aromatic carbocycles. The van der Waals surface area contributed by atoms with E-state index in [9.17, 15) is 20.0 Å². The van der Waals surface area contributed by atoms with Crippen molar-refractivity contribution >= 4 is 40.4 Å². The third-order valence-corrected chi connectivity index (χ3v) is 2.80. The first-order valence-electron chi connectivity index (χ1n) is 4.52. The highest BCUT2D eigenvalue weighted by atomic mass is 35.5. The van der Waals surface area contributed by atoms with Crippen LogP contribution in [0.4, 0.5) is 5.69 Å². The fourth-order valence-corrected chi connectivity index (χ4v) is 1.67. The van der Waals surface area contributed by atoms with E-state index in [1.165, 1.54) is 0 Å². The molecule has 0 saturated carbocycles. The molecule has 0 aliphatic carbocycles. The largest absolute Gasteiger partial charge is 0.512 e. The van der Waals surface area contributed by atoms with Crippen molar-refractivity contribution in [2.24, 2.45) is 0 Å². The molecule has 0 aliphatic rings. The van der Waals surface area contributed by atoms with E-state index < -0.39 is 27.9 Å². The van der Waals surface area contributed by atoms with Crippen molar-refractivity contribution in [3.05, 3.63) is 43.6 Å². The molecule has 0 unspecified atom stereocenters. The molecule has 0 fully saturated rings. The van der Waals surface area contributed by atoms with Crippen LogP contribution < -0.4 is 0 Å². The lowest BCUT2D eigenvalue weighted by molar-refractivity contribution is -0.385. The molecule has 8 heteroatoms. The fraction of sp³-hybridized carbons (Fsp3) is 0.100. The number of benzene rings is 1. The molecule has 0 amide bonds. The van der Waals surface area contributed by atoms with E-state index in [0.717, 1.165) is 19.1 Å². The summed E-state index contributed by atoms with van der Waals surface area (Å²) in [6.45, 7) is 1.11. The van der Waals surface area contributed by atoms with Crippen LogP contribution in [0.1, 0.15) is 12.5 Å². The Labute approximate surface area is 111 Å². The van der Waals surface area contributed by atoms with Crippen LogP contribution in [-0.2, 0) is 4.79 Å². The van der Waals surface area contributed by atoms with Gasteiger partial charge in [0, 0.05) is 6.07 Å². The number of allylic oxidation sites excluding steroid dienone is 1. The molecule has 0 spiro atoms. The summed E-state index contributed by atoms with van der Waals surface area (Å²) in [6.07, 6.45) is 0. The molecule has 0 aliphatic heterocycles. The summed E-state index contributed by atoms with van der Waals surface area (Å²) in [7, 11) is 0. The second-order valence-electron chi connectivity index (χ2n) is 3.31. The molecule has 2 N–H and O–H groups in total. The lowest BCUT2D eigenvalue weighted by Gasteiger charge is -2.07. The van der Waals surface area contributed by atoms with Gasteiger partial charge < -0.3 is 10.2 Å². The number of hydrogen-bond acceptors (Lipinski definition) is 4. The van der Waals surface area contributed by atoms with Crippen molar-refractivity contribution < 1.29 is 19.9 Å². The zero-order valence-corrected chi connectivity index (χ0v) is 10.5. The number of aliphatic carboxylic acids is 1. The second-order valence-corrected chi connectivity index (χ2v) is 4.12. The summed E-state index contributed by atoms with van der Waals surface area (Å²) < 4.78 is 0. The van der Waals surface area contributed by atoms with Crippen molar-refractivity contribution in [3.8, 4) is 0 Å². The van der Waals surface area contributed by atoms with Gasteiger partial charge in [-0.15, -0.1) is 0 Å². The molecule has 18 heavy (non-hydrogen) atoms. The number of halogens is 2. The van der Waals surface area contributed by atoms with Crippen molar-refractivity contribution in [2.45, 2.75) is 6.92 Å². The third kappa shape index (κ3) is 2.72. The number of carboxylic acid groups (broad SMARTS) is 1. The van der Waals surface area contributed by atoms with Gasteiger partial charge >= 0.3 is 5.97 Å². The number of carbonyl (C=O) groups is 1. The molecule has 0 heterocycles. The molecule has 6 nitrogen and oxygen atoms in total. The number of aliphatic hydroxyl groups excluding tert-OH is 1. The maximum absolute atomic E-state index is 11.0. The molecule has 1 aromatic rings. The van der Waals surface area contributed by atoms with Gasteiger partial charge in [0.25, 0.3) is 5.69 Å². The molecular formula is C10H7Cl2NO5. The zero-order chi connectivity index (χ0) is 14.0. The summed E-state index contributed by atoms with van der Waals surface area (Å²) in [5.41, 5.74) is -1.45. The number of rotatable bonds is 3. The molecule has 0 atom stereocenters. The first-order chi connectivity index (χ1) is 8.25. The highest BCUT2D eigenvalue weighted by molar-refractivity contribution is 6.42. The number of carboxylic acids is 1. The Morgan fingerprint density at radius 3 is 2.17 bits per heavy atom. The molecule has 0 aromatic heterocycles. The average molecular weight is 292 g/mol. The summed E-state index contributed by atoms with van der Waals surface area (Å²) in [5, 5.41) is 29.0. The lowest BCUT2D eigenvalue weighted by atomic mass is 10.0. The lowest BCUT2D eigenvalue weighted by Crippen LogP contribution is -2.05. The van der Waals surface area contributed by atoms with E-state index in [0.29, 0.717) is 0 Å². The number of hydrogen-bond donors (Lipinski definition) is 2. The van der Waals surface area contributed by atoms with E-state index in [1.54, 1.807) is 0 Å². The first-order valence-corrected chi connectivity index (χ1v) is 5.28. The summed E-state index contributed by atoms with van der Waals surface area (Å²) >= 11 is 11.3. The van der Waals surface area contributed by atoms with Crippen molar-refractivity contribution in [3.63, 3.8) is 0 Å². The van der Waals surface area contributed by atoms with Crippen LogP contribution >= 0.6 is 23.2 Å². The number of nitrogens with zero attached hydrogens (tertiary/aromatic N) is 1. The molecule has 0 radical (unpaired) electrons. The number of nitro groups is 1. The number of nitro benzene ring substituents is 1. The zero-order valence-electron chi connectivity index (χ0n) is 8.98. The van der Waals surface area contributed by atoms with Crippen molar-refractivity contribution in [1.82, 2.24) is 0 Å². The molecule has 96 valence electrons. The summed E-state index contributed by atoms with van der Waals surface area (Å²) in [4.78, 5) is 21.0. The smallest absolute Gasteiger partial charge is 0.339 e. The standard InChI is InChI=1S/C10H7Cl2NO5/c1-4(14)9(10(15)16)5-2-6(11)7(12)3-8(5)13(17)18/h2-3,14H,1H3,(H,15,16)/b9-4-. The summed E-state index contributed by atoms with van der Waals surface area (Å²) in [6, 6.07) is 1.97. The van der Waals surface area contributed by atoms with Crippen LogP contribution in [0, 0.1) is 10.1 Å². The SMILES string of the molecule is C/C(O)=C(/C(=O)O)c1cc(Cl)c(Cl)cc1[N+](=O)[O-]. The van der Waals surface area contributed by atoms with Gasteiger partial charge in [-0.1, -0.05) is 23.2 Å². The van der Waals surface area contributed by atoms with Gasteiger partial charge in [-0.25, -0.2) is 4.79 Å². The highest BCUT2D eigenvalue weighted by Crippen LogP contribution is 2.35. The normalized spacial score (nSPS) is 11.9. The van der Waals surface area contributed by atoms with Crippen LogP contribution in [-0.4, -0.2) is 21.1 Å². The molecule has 0 saturated heterocycles. The Morgan fingerprint density at radius 2 is 1.78 bits per heavy atom. The van der Waals surface area contributed by atoms with Crippen molar-refractivity contribution in [2.75, 3.05) is 0 Å². The fourth-order valence-electron chi connectivity index (χ4n) is 1.35. The minimum atomic E-state index is -1.50. The molecular weight excluding hydrogens is 285 g/mol. The second kappa shape index (κ2) is 5.24. The Morgan fingerprint density at radius 1 is 1.28 bits per heavy atom. The topological polar surface area (TPSA) is 101 Å². The van der Waals surface area contributed by atoms with Crippen LogP contribution in [0.2, 0.25) is 10.0 Å². The third-order valence-electron chi connectivity index (χ3n) is 2.08. The van der Waals surface area contributed by atoms with E-state index in [4.69, 9.17) is 28.3 Å². The minimum absolute atomic E-state index is 0.0442. The monoisotopic (exact) mass is 291 g/mol. The quantitative estimate of drug-likeness (QED) is 0.385. The van der Waals surface area contributed by atoms with Gasteiger partial charge in [0.2, 0.25) is 0 Å². The van der Waals surface area contributed by atoms with Gasteiger partial charge in [0.05, 0.1) is 20.5 Å². The van der Waals surface area contributed by atoms with Crippen LogP contribution in [0.25, 0.3) is 5.57 Å². The summed E-state index contributed by atoms with van der Waals surface area (Å²) in [5.74, 6) is -2.07.